The summed E-state index contributed by atoms with van der Waals surface area (Å²) in [5.41, 5.74) is 1.12. The number of phenols is 1. The minimum Gasteiger partial charge on any atom is -0.508 e. The molecule has 0 bridgehead atoms. The van der Waals surface area contributed by atoms with Crippen molar-refractivity contribution in [2.24, 2.45) is 11.8 Å². The third-order valence-electron chi connectivity index (χ3n) is 5.45. The molecular weight excluding hydrogens is 246 g/mol. The van der Waals surface area contributed by atoms with Crippen molar-refractivity contribution in [2.45, 2.75) is 51.5 Å². The highest BCUT2D eigenvalue weighted by molar-refractivity contribution is 5.34. The van der Waals surface area contributed by atoms with Gasteiger partial charge in [0.25, 0.3) is 0 Å². The lowest BCUT2D eigenvalue weighted by Gasteiger charge is -2.44. The molecule has 1 aromatic rings. The number of benzene rings is 1. The van der Waals surface area contributed by atoms with Crippen molar-refractivity contribution in [3.05, 3.63) is 29.8 Å². The summed E-state index contributed by atoms with van der Waals surface area (Å²) in [4.78, 5) is 2.63. The van der Waals surface area contributed by atoms with Crippen molar-refractivity contribution >= 4 is 0 Å². The van der Waals surface area contributed by atoms with Gasteiger partial charge in [-0.2, -0.15) is 0 Å². The summed E-state index contributed by atoms with van der Waals surface area (Å²) in [6, 6.07) is 8.27. The molecule has 0 aromatic heterocycles. The molecule has 0 spiro atoms. The van der Waals surface area contributed by atoms with Gasteiger partial charge in [-0.15, -0.1) is 0 Å². The molecule has 0 radical (unpaired) electrons. The van der Waals surface area contributed by atoms with Crippen LogP contribution in [-0.2, 0) is 0 Å². The minimum atomic E-state index is 0.388. The second-order valence-corrected chi connectivity index (χ2v) is 6.57. The molecule has 1 aromatic carbocycles. The van der Waals surface area contributed by atoms with Gasteiger partial charge >= 0.3 is 0 Å². The normalized spacial score (nSPS) is 28.9. The highest BCUT2D eigenvalue weighted by Crippen LogP contribution is 2.40. The topological polar surface area (TPSA) is 23.5 Å². The third kappa shape index (κ3) is 2.71. The first kappa shape index (κ1) is 13.9. The molecule has 2 heteroatoms. The lowest BCUT2D eigenvalue weighted by Crippen LogP contribution is -2.43. The van der Waals surface area contributed by atoms with Crippen molar-refractivity contribution in [3.63, 3.8) is 0 Å². The summed E-state index contributed by atoms with van der Waals surface area (Å²) in [5, 5.41) is 10.1. The van der Waals surface area contributed by atoms with Crippen LogP contribution in [0.3, 0.4) is 0 Å². The molecule has 1 saturated carbocycles. The van der Waals surface area contributed by atoms with Crippen molar-refractivity contribution in [1.82, 2.24) is 4.90 Å². The molecular formula is C18H27NO. The number of hydrogen-bond acceptors (Lipinski definition) is 2. The maximum Gasteiger partial charge on any atom is 0.120 e. The van der Waals surface area contributed by atoms with Crippen molar-refractivity contribution in [1.29, 1.82) is 0 Å². The van der Waals surface area contributed by atoms with E-state index in [0.717, 1.165) is 23.8 Å². The molecule has 3 unspecified atom stereocenters. The fourth-order valence-corrected chi connectivity index (χ4v) is 4.36. The lowest BCUT2D eigenvalue weighted by molar-refractivity contribution is 0.0541. The van der Waals surface area contributed by atoms with Crippen LogP contribution < -0.4 is 0 Å². The Morgan fingerprint density at radius 1 is 1.15 bits per heavy atom. The van der Waals surface area contributed by atoms with Crippen LogP contribution in [0.4, 0.5) is 0 Å². The predicted molar refractivity (Wildman–Crippen MR) is 82.8 cm³/mol. The average molecular weight is 273 g/mol. The number of aromatic hydroxyl groups is 1. The first-order valence-corrected chi connectivity index (χ1v) is 8.31. The van der Waals surface area contributed by atoms with Gasteiger partial charge in [-0.25, -0.2) is 0 Å². The Morgan fingerprint density at radius 2 is 1.90 bits per heavy atom. The molecule has 1 aliphatic heterocycles. The van der Waals surface area contributed by atoms with Gasteiger partial charge in [0, 0.05) is 18.2 Å². The van der Waals surface area contributed by atoms with Crippen LogP contribution in [0.2, 0.25) is 0 Å². The fraction of sp³-hybridized carbons (Fsp3) is 0.667. The van der Waals surface area contributed by atoms with Crippen molar-refractivity contribution < 1.29 is 5.11 Å². The monoisotopic (exact) mass is 273 g/mol. The maximum atomic E-state index is 10.1. The standard InChI is InChI=1S/C18H27NO/c1-2-17(16-9-5-6-10-18(16)20)19-12-11-14-7-3-4-8-15(14)13-19/h5-6,9-10,14-15,17,20H,2-4,7-8,11-13H2,1H3. The van der Waals surface area contributed by atoms with Gasteiger partial charge in [0.2, 0.25) is 0 Å². The number of likely N-dealkylation sites (tertiary alicyclic amines) is 1. The van der Waals surface area contributed by atoms with Crippen LogP contribution in [0.1, 0.15) is 57.1 Å². The number of piperidine rings is 1. The molecule has 1 saturated heterocycles. The van der Waals surface area contributed by atoms with E-state index in [4.69, 9.17) is 0 Å². The Morgan fingerprint density at radius 3 is 2.65 bits per heavy atom. The Bertz CT molecular complexity index is 445. The number of fused-ring (bicyclic) bond motifs is 1. The zero-order valence-electron chi connectivity index (χ0n) is 12.6. The largest absolute Gasteiger partial charge is 0.508 e. The second kappa shape index (κ2) is 6.17. The summed E-state index contributed by atoms with van der Waals surface area (Å²) in [7, 11) is 0. The van der Waals surface area contributed by atoms with E-state index in [1.54, 1.807) is 0 Å². The molecule has 2 nitrogen and oxygen atoms in total. The molecule has 2 aliphatic rings. The SMILES string of the molecule is CCC(c1ccccc1O)N1CCC2CCCCC2C1. The summed E-state index contributed by atoms with van der Waals surface area (Å²) in [6.07, 6.45) is 8.16. The summed E-state index contributed by atoms with van der Waals surface area (Å²) >= 11 is 0. The van der Waals surface area contributed by atoms with E-state index in [-0.39, 0.29) is 0 Å². The number of rotatable bonds is 3. The first-order chi connectivity index (χ1) is 9.79. The van der Waals surface area contributed by atoms with Crippen molar-refractivity contribution in [3.8, 4) is 5.75 Å². The summed E-state index contributed by atoms with van der Waals surface area (Å²) < 4.78 is 0. The number of para-hydroxylation sites is 1. The van der Waals surface area contributed by atoms with Gasteiger partial charge in [-0.05, 0) is 43.7 Å². The zero-order chi connectivity index (χ0) is 13.9. The van der Waals surface area contributed by atoms with Crippen LogP contribution in [0, 0.1) is 11.8 Å². The molecule has 2 fully saturated rings. The molecule has 3 rings (SSSR count). The van der Waals surface area contributed by atoms with E-state index >= 15 is 0 Å². The highest BCUT2D eigenvalue weighted by Gasteiger charge is 2.34. The van der Waals surface area contributed by atoms with Crippen molar-refractivity contribution in [2.75, 3.05) is 13.1 Å². The Kier molecular flexibility index (Phi) is 4.30. The van der Waals surface area contributed by atoms with Gasteiger partial charge < -0.3 is 5.11 Å². The summed E-state index contributed by atoms with van der Waals surface area (Å²) in [5.74, 6) is 2.34. The number of nitrogens with zero attached hydrogens (tertiary/aromatic N) is 1. The van der Waals surface area contributed by atoms with Crippen LogP contribution in [0.25, 0.3) is 0 Å². The third-order valence-corrected chi connectivity index (χ3v) is 5.45. The van der Waals surface area contributed by atoms with Crippen LogP contribution in [-0.4, -0.2) is 23.1 Å². The van der Waals surface area contributed by atoms with Gasteiger partial charge in [-0.3, -0.25) is 4.90 Å². The predicted octanol–water partition coefficient (Wildman–Crippen LogP) is 4.36. The molecule has 110 valence electrons. The first-order valence-electron chi connectivity index (χ1n) is 8.31. The van der Waals surface area contributed by atoms with E-state index in [2.05, 4.69) is 17.9 Å². The molecule has 1 aliphatic carbocycles. The Labute approximate surface area is 122 Å². The molecule has 0 amide bonds. The fourth-order valence-electron chi connectivity index (χ4n) is 4.36. The lowest BCUT2D eigenvalue weighted by atomic mass is 9.74. The molecule has 1 heterocycles. The van der Waals surface area contributed by atoms with Crippen LogP contribution in [0.15, 0.2) is 24.3 Å². The van der Waals surface area contributed by atoms with E-state index in [1.165, 1.54) is 45.2 Å². The van der Waals surface area contributed by atoms with Gasteiger partial charge in [0.1, 0.15) is 5.75 Å². The number of hydrogen-bond donors (Lipinski definition) is 1. The Hall–Kier alpha value is -1.02. The second-order valence-electron chi connectivity index (χ2n) is 6.57. The van der Waals surface area contributed by atoms with E-state index < -0.39 is 0 Å². The average Bonchev–Trinajstić information content (AvgIpc) is 2.50. The number of phenolic OH excluding ortho intramolecular Hbond substituents is 1. The van der Waals surface area contributed by atoms with Gasteiger partial charge in [-0.1, -0.05) is 44.4 Å². The minimum absolute atomic E-state index is 0.388. The van der Waals surface area contributed by atoms with Crippen LogP contribution in [0.5, 0.6) is 5.75 Å². The quantitative estimate of drug-likeness (QED) is 0.884. The van der Waals surface area contributed by atoms with E-state index in [0.29, 0.717) is 11.8 Å². The van der Waals surface area contributed by atoms with Crippen LogP contribution >= 0.6 is 0 Å². The maximum absolute atomic E-state index is 10.1. The van der Waals surface area contributed by atoms with E-state index in [1.807, 2.05) is 18.2 Å². The zero-order valence-corrected chi connectivity index (χ0v) is 12.6. The highest BCUT2D eigenvalue weighted by atomic mass is 16.3. The molecule has 20 heavy (non-hydrogen) atoms. The van der Waals surface area contributed by atoms with Gasteiger partial charge in [0.15, 0.2) is 0 Å². The van der Waals surface area contributed by atoms with E-state index in [9.17, 15) is 5.11 Å². The Balaban J connectivity index is 1.75. The smallest absolute Gasteiger partial charge is 0.120 e. The van der Waals surface area contributed by atoms with Gasteiger partial charge in [0.05, 0.1) is 0 Å². The molecule has 1 N–H and O–H groups in total. The summed E-state index contributed by atoms with van der Waals surface area (Å²) in [6.45, 7) is 4.68. The molecule has 3 atom stereocenters.